The van der Waals surface area contributed by atoms with Crippen molar-refractivity contribution in [3.05, 3.63) is 12.0 Å². The third-order valence-electron chi connectivity index (χ3n) is 3.61. The van der Waals surface area contributed by atoms with E-state index in [1.165, 1.54) is 6.20 Å². The van der Waals surface area contributed by atoms with Gasteiger partial charge in [0.2, 0.25) is 0 Å². The van der Waals surface area contributed by atoms with Gasteiger partial charge in [-0.25, -0.2) is 18.1 Å². The van der Waals surface area contributed by atoms with E-state index in [9.17, 15) is 8.42 Å². The van der Waals surface area contributed by atoms with E-state index < -0.39 is 10.0 Å². The van der Waals surface area contributed by atoms with Crippen LogP contribution in [0.2, 0.25) is 0 Å². The fraction of sp³-hybridized carbons (Fsp3) is 0.769. The molecule has 1 fully saturated rings. The maximum Gasteiger partial charge on any atom is 0.259 e. The fourth-order valence-corrected chi connectivity index (χ4v) is 3.33. The summed E-state index contributed by atoms with van der Waals surface area (Å²) in [5.74, 6) is 0.671. The first-order chi connectivity index (χ1) is 9.99. The van der Waals surface area contributed by atoms with Gasteiger partial charge in [0.25, 0.3) is 10.0 Å². The molecule has 0 unspecified atom stereocenters. The normalized spacial score (nSPS) is 17.2. The van der Waals surface area contributed by atoms with E-state index in [0.29, 0.717) is 31.5 Å². The van der Waals surface area contributed by atoms with Crippen molar-refractivity contribution in [3.8, 4) is 0 Å². The molecule has 0 atom stereocenters. The summed E-state index contributed by atoms with van der Waals surface area (Å²) in [6, 6.07) is 0. The largest absolute Gasteiger partial charge is 0.378 e. The van der Waals surface area contributed by atoms with E-state index in [1.807, 2.05) is 0 Å². The third kappa shape index (κ3) is 4.77. The van der Waals surface area contributed by atoms with E-state index in [1.54, 1.807) is 18.5 Å². The molecule has 0 amide bonds. The quantitative estimate of drug-likeness (QED) is 0.700. The number of aryl methyl sites for hydroxylation is 2. The highest BCUT2D eigenvalue weighted by Crippen LogP contribution is 2.09. The first-order valence-corrected chi connectivity index (χ1v) is 8.79. The zero-order valence-corrected chi connectivity index (χ0v) is 13.4. The van der Waals surface area contributed by atoms with E-state index >= 15 is 0 Å². The van der Waals surface area contributed by atoms with Crippen LogP contribution < -0.4 is 10.0 Å². The summed E-state index contributed by atoms with van der Waals surface area (Å²) in [4.78, 5) is 4.03. The molecule has 0 spiro atoms. The molecule has 0 radical (unpaired) electrons. The molecular formula is C13H24N4O3S. The zero-order chi connectivity index (χ0) is 15.3. The van der Waals surface area contributed by atoms with Gasteiger partial charge in [-0.1, -0.05) is 0 Å². The average molecular weight is 316 g/mol. The van der Waals surface area contributed by atoms with Gasteiger partial charge in [-0.05, 0) is 39.3 Å². The monoisotopic (exact) mass is 316 g/mol. The summed E-state index contributed by atoms with van der Waals surface area (Å²) in [7, 11) is -1.74. The molecule has 0 aromatic carbocycles. The number of sulfonamides is 1. The summed E-state index contributed by atoms with van der Waals surface area (Å²) in [6.45, 7) is 4.70. The van der Waals surface area contributed by atoms with Crippen molar-refractivity contribution in [1.82, 2.24) is 19.6 Å². The number of nitrogens with one attached hydrogen (secondary N) is 2. The van der Waals surface area contributed by atoms with Gasteiger partial charge in [0.15, 0.2) is 5.03 Å². The SMILES string of the molecule is Cc1nc(S(=O)(=O)NCCCOC2CCNCC2)cn1C. The highest BCUT2D eigenvalue weighted by atomic mass is 32.2. The number of hydrogen-bond donors (Lipinski definition) is 2. The molecule has 2 rings (SSSR count). The lowest BCUT2D eigenvalue weighted by atomic mass is 10.1. The molecule has 2 N–H and O–H groups in total. The van der Waals surface area contributed by atoms with Gasteiger partial charge in [0.1, 0.15) is 5.82 Å². The number of piperidine rings is 1. The predicted molar refractivity (Wildman–Crippen MR) is 79.6 cm³/mol. The van der Waals surface area contributed by atoms with Crippen LogP contribution in [0, 0.1) is 6.92 Å². The number of nitrogens with zero attached hydrogens (tertiary/aromatic N) is 2. The molecule has 7 nitrogen and oxygen atoms in total. The van der Waals surface area contributed by atoms with E-state index in [0.717, 1.165) is 25.9 Å². The van der Waals surface area contributed by atoms with Crippen LogP contribution in [0.1, 0.15) is 25.1 Å². The smallest absolute Gasteiger partial charge is 0.259 e. The highest BCUT2D eigenvalue weighted by molar-refractivity contribution is 7.89. The van der Waals surface area contributed by atoms with Crippen LogP contribution in [0.15, 0.2) is 11.2 Å². The maximum atomic E-state index is 12.0. The maximum absolute atomic E-state index is 12.0. The van der Waals surface area contributed by atoms with Gasteiger partial charge in [0.05, 0.1) is 6.10 Å². The molecule has 21 heavy (non-hydrogen) atoms. The number of imidazole rings is 1. The van der Waals surface area contributed by atoms with Gasteiger partial charge < -0.3 is 14.6 Å². The van der Waals surface area contributed by atoms with Gasteiger partial charge in [-0.2, -0.15) is 0 Å². The minimum atomic E-state index is -3.51. The number of hydrogen-bond acceptors (Lipinski definition) is 5. The van der Waals surface area contributed by atoms with Crippen LogP contribution >= 0.6 is 0 Å². The summed E-state index contributed by atoms with van der Waals surface area (Å²) in [6.07, 6.45) is 4.54. The molecule has 1 aliphatic rings. The number of ether oxygens (including phenoxy) is 1. The Bertz CT molecular complexity index is 530. The number of rotatable bonds is 7. The summed E-state index contributed by atoms with van der Waals surface area (Å²) < 4.78 is 34.0. The Labute approximate surface area is 126 Å². The zero-order valence-electron chi connectivity index (χ0n) is 12.6. The molecular weight excluding hydrogens is 292 g/mol. The van der Waals surface area contributed by atoms with Crippen molar-refractivity contribution in [2.24, 2.45) is 7.05 Å². The first-order valence-electron chi connectivity index (χ1n) is 7.31. The summed E-state index contributed by atoms with van der Waals surface area (Å²) >= 11 is 0. The Morgan fingerprint density at radius 1 is 1.48 bits per heavy atom. The molecule has 1 saturated heterocycles. The van der Waals surface area contributed by atoms with Crippen molar-refractivity contribution in [3.63, 3.8) is 0 Å². The Balaban J connectivity index is 1.70. The molecule has 0 aliphatic carbocycles. The Hall–Kier alpha value is -0.960. The Kier molecular flexibility index (Phi) is 5.74. The second-order valence-corrected chi connectivity index (χ2v) is 7.02. The standard InChI is InChI=1S/C13H24N4O3S/c1-11-16-13(10-17(11)2)21(18,19)15-6-3-9-20-12-4-7-14-8-5-12/h10,12,14-15H,3-9H2,1-2H3. The van der Waals surface area contributed by atoms with Gasteiger partial charge in [-0.15, -0.1) is 0 Å². The molecule has 1 aliphatic heterocycles. The molecule has 2 heterocycles. The van der Waals surface area contributed by atoms with Crippen molar-refractivity contribution < 1.29 is 13.2 Å². The number of aromatic nitrogens is 2. The molecule has 1 aromatic rings. The Morgan fingerprint density at radius 3 is 2.81 bits per heavy atom. The lowest BCUT2D eigenvalue weighted by Gasteiger charge is -2.22. The van der Waals surface area contributed by atoms with Crippen LogP contribution in [0.25, 0.3) is 0 Å². The van der Waals surface area contributed by atoms with Crippen LogP contribution in [-0.4, -0.2) is 50.3 Å². The lowest BCUT2D eigenvalue weighted by Crippen LogP contribution is -2.33. The van der Waals surface area contributed by atoms with Gasteiger partial charge in [-0.3, -0.25) is 0 Å². The highest BCUT2D eigenvalue weighted by Gasteiger charge is 2.18. The summed E-state index contributed by atoms with van der Waals surface area (Å²) in [5, 5.41) is 3.35. The average Bonchev–Trinajstić information content (AvgIpc) is 2.80. The molecule has 0 saturated carbocycles. The van der Waals surface area contributed by atoms with Crippen molar-refractivity contribution in [2.45, 2.75) is 37.3 Å². The van der Waals surface area contributed by atoms with Crippen molar-refractivity contribution >= 4 is 10.0 Å². The first kappa shape index (κ1) is 16.4. The minimum absolute atomic E-state index is 0.0711. The molecule has 120 valence electrons. The van der Waals surface area contributed by atoms with Crippen LogP contribution in [-0.2, 0) is 21.8 Å². The predicted octanol–water partition coefficient (Wildman–Crippen LogP) is 0.166. The van der Waals surface area contributed by atoms with Crippen molar-refractivity contribution in [2.75, 3.05) is 26.2 Å². The molecule has 8 heteroatoms. The molecule has 1 aromatic heterocycles. The minimum Gasteiger partial charge on any atom is -0.378 e. The fourth-order valence-electron chi connectivity index (χ4n) is 2.22. The third-order valence-corrected chi connectivity index (χ3v) is 4.95. The molecule has 0 bridgehead atoms. The van der Waals surface area contributed by atoms with E-state index in [-0.39, 0.29) is 5.03 Å². The summed E-state index contributed by atoms with van der Waals surface area (Å²) in [5.41, 5.74) is 0. The Morgan fingerprint density at radius 2 is 2.19 bits per heavy atom. The van der Waals surface area contributed by atoms with E-state index in [2.05, 4.69) is 15.0 Å². The van der Waals surface area contributed by atoms with Crippen LogP contribution in [0.5, 0.6) is 0 Å². The van der Waals surface area contributed by atoms with Gasteiger partial charge >= 0.3 is 0 Å². The lowest BCUT2D eigenvalue weighted by molar-refractivity contribution is 0.0322. The topological polar surface area (TPSA) is 85.2 Å². The van der Waals surface area contributed by atoms with Crippen LogP contribution in [0.3, 0.4) is 0 Å². The van der Waals surface area contributed by atoms with Crippen molar-refractivity contribution in [1.29, 1.82) is 0 Å². The van der Waals surface area contributed by atoms with E-state index in [4.69, 9.17) is 4.74 Å². The van der Waals surface area contributed by atoms with Gasteiger partial charge in [0, 0.05) is 26.4 Å². The van der Waals surface area contributed by atoms with Crippen LogP contribution in [0.4, 0.5) is 0 Å². The second kappa shape index (κ2) is 7.35. The second-order valence-electron chi connectivity index (χ2n) is 5.31.